The number of nitro groups is 1. The quantitative estimate of drug-likeness (QED) is 0.502. The molecule has 0 unspecified atom stereocenters. The fraction of sp³-hybridized carbons (Fsp3) is 0. The zero-order valence-corrected chi connectivity index (χ0v) is 11.9. The molecular formula is C11H9ClN4O4S. The highest BCUT2D eigenvalue weighted by atomic mass is 35.5. The Kier molecular flexibility index (Phi) is 3.96. The minimum atomic E-state index is -4.20. The number of hydrogen-bond acceptors (Lipinski definition) is 6. The van der Waals surface area contributed by atoms with Gasteiger partial charge < -0.3 is 5.73 Å². The third-order valence-electron chi connectivity index (χ3n) is 2.44. The summed E-state index contributed by atoms with van der Waals surface area (Å²) in [5, 5.41) is 11.2. The van der Waals surface area contributed by atoms with Crippen molar-refractivity contribution in [3.8, 4) is 0 Å². The summed E-state index contributed by atoms with van der Waals surface area (Å²) in [7, 11) is -4.20. The van der Waals surface area contributed by atoms with E-state index < -0.39 is 25.5 Å². The van der Waals surface area contributed by atoms with E-state index in [1.165, 1.54) is 24.4 Å². The topological polar surface area (TPSA) is 128 Å². The maximum absolute atomic E-state index is 12.2. The number of sulfonamides is 1. The van der Waals surface area contributed by atoms with E-state index in [-0.39, 0.29) is 11.5 Å². The van der Waals surface area contributed by atoms with Gasteiger partial charge in [0.1, 0.15) is 5.82 Å². The van der Waals surface area contributed by atoms with Crippen molar-refractivity contribution in [3.05, 3.63) is 51.7 Å². The summed E-state index contributed by atoms with van der Waals surface area (Å²) < 4.78 is 26.6. The van der Waals surface area contributed by atoms with E-state index in [1.54, 1.807) is 0 Å². The first-order valence-electron chi connectivity index (χ1n) is 5.48. The monoisotopic (exact) mass is 328 g/mol. The first-order valence-corrected chi connectivity index (χ1v) is 7.34. The van der Waals surface area contributed by atoms with Gasteiger partial charge in [0, 0.05) is 18.0 Å². The highest BCUT2D eigenvalue weighted by Crippen LogP contribution is 2.27. The van der Waals surface area contributed by atoms with Crippen LogP contribution in [0.15, 0.2) is 41.4 Å². The molecule has 21 heavy (non-hydrogen) atoms. The Morgan fingerprint density at radius 3 is 2.57 bits per heavy atom. The molecule has 0 spiro atoms. The van der Waals surface area contributed by atoms with Crippen molar-refractivity contribution < 1.29 is 13.3 Å². The van der Waals surface area contributed by atoms with Crippen LogP contribution in [0.1, 0.15) is 0 Å². The number of anilines is 2. The lowest BCUT2D eigenvalue weighted by atomic mass is 10.3. The molecule has 0 saturated carbocycles. The van der Waals surface area contributed by atoms with Gasteiger partial charge in [0.25, 0.3) is 15.7 Å². The molecule has 1 heterocycles. The molecule has 2 aromatic rings. The van der Waals surface area contributed by atoms with E-state index in [2.05, 4.69) is 9.71 Å². The minimum absolute atomic E-state index is 0.0175. The number of hydrogen-bond donors (Lipinski definition) is 2. The van der Waals surface area contributed by atoms with Gasteiger partial charge in [-0.05, 0) is 24.3 Å². The van der Waals surface area contributed by atoms with Gasteiger partial charge in [0.15, 0.2) is 4.90 Å². The summed E-state index contributed by atoms with van der Waals surface area (Å²) in [5.74, 6) is -0.0175. The van der Waals surface area contributed by atoms with E-state index >= 15 is 0 Å². The van der Waals surface area contributed by atoms with Crippen molar-refractivity contribution in [2.45, 2.75) is 4.90 Å². The fourth-order valence-corrected chi connectivity index (χ4v) is 2.85. The second kappa shape index (κ2) is 5.54. The Bertz CT molecular complexity index is 792. The lowest BCUT2D eigenvalue weighted by Gasteiger charge is -2.08. The van der Waals surface area contributed by atoms with Crippen molar-refractivity contribution >= 4 is 38.8 Å². The molecule has 110 valence electrons. The Morgan fingerprint density at radius 1 is 1.29 bits per heavy atom. The first-order chi connectivity index (χ1) is 9.79. The molecule has 0 fully saturated rings. The average molecular weight is 329 g/mol. The Hall–Kier alpha value is -2.39. The van der Waals surface area contributed by atoms with E-state index in [9.17, 15) is 18.5 Å². The van der Waals surface area contributed by atoms with Gasteiger partial charge in [-0.15, -0.1) is 0 Å². The van der Waals surface area contributed by atoms with Crippen LogP contribution in [-0.4, -0.2) is 18.3 Å². The largest absolute Gasteiger partial charge is 0.399 e. The molecule has 8 nitrogen and oxygen atoms in total. The van der Waals surface area contributed by atoms with Crippen LogP contribution in [0.5, 0.6) is 0 Å². The predicted molar refractivity (Wildman–Crippen MR) is 77.6 cm³/mol. The first kappa shape index (κ1) is 15.0. The van der Waals surface area contributed by atoms with Crippen LogP contribution in [0.3, 0.4) is 0 Å². The lowest BCUT2D eigenvalue weighted by molar-refractivity contribution is -0.387. The second-order valence-corrected chi connectivity index (χ2v) is 6.04. The van der Waals surface area contributed by atoms with E-state index in [4.69, 9.17) is 17.3 Å². The molecule has 0 aliphatic heterocycles. The van der Waals surface area contributed by atoms with Gasteiger partial charge in [0.2, 0.25) is 0 Å². The second-order valence-electron chi connectivity index (χ2n) is 3.95. The molecule has 3 N–H and O–H groups in total. The number of nitrogens with one attached hydrogen (secondary N) is 1. The Balaban J connectivity index is 2.46. The molecule has 1 aromatic heterocycles. The smallest absolute Gasteiger partial charge is 0.290 e. The molecule has 0 atom stereocenters. The van der Waals surface area contributed by atoms with Gasteiger partial charge in [-0.2, -0.15) is 0 Å². The van der Waals surface area contributed by atoms with Crippen molar-refractivity contribution in [3.63, 3.8) is 0 Å². The zero-order chi connectivity index (χ0) is 15.6. The molecule has 2 rings (SSSR count). The number of aromatic nitrogens is 1. The highest BCUT2D eigenvalue weighted by Gasteiger charge is 2.26. The van der Waals surface area contributed by atoms with Gasteiger partial charge in [0.05, 0.1) is 9.95 Å². The molecule has 0 bridgehead atoms. The number of pyridine rings is 1. The third-order valence-corrected chi connectivity index (χ3v) is 4.04. The third kappa shape index (κ3) is 3.38. The molecule has 0 amide bonds. The van der Waals surface area contributed by atoms with Gasteiger partial charge in [-0.3, -0.25) is 14.8 Å². The molecular weight excluding hydrogens is 320 g/mol. The predicted octanol–water partition coefficient (Wildman–Crippen LogP) is 2.03. The molecule has 1 aromatic carbocycles. The molecule has 0 aliphatic rings. The van der Waals surface area contributed by atoms with Crippen LogP contribution in [0, 0.1) is 10.1 Å². The van der Waals surface area contributed by atoms with Crippen LogP contribution in [0.25, 0.3) is 0 Å². The summed E-state index contributed by atoms with van der Waals surface area (Å²) in [6, 6.07) is 6.05. The SMILES string of the molecule is Nc1ccc([N+](=O)[O-])c(S(=O)(=O)Nc2ccc(Cl)cn2)c1. The maximum atomic E-state index is 12.2. The van der Waals surface area contributed by atoms with Crippen LogP contribution < -0.4 is 10.5 Å². The van der Waals surface area contributed by atoms with E-state index in [1.807, 2.05) is 0 Å². The Labute approximate surface area is 124 Å². The van der Waals surface area contributed by atoms with Gasteiger partial charge >= 0.3 is 0 Å². The van der Waals surface area contributed by atoms with Crippen LogP contribution in [-0.2, 0) is 10.0 Å². The zero-order valence-electron chi connectivity index (χ0n) is 10.4. The standard InChI is InChI=1S/C11H9ClN4O4S/c12-7-1-4-11(14-6-7)15-21(19,20)10-5-8(13)2-3-9(10)16(17)18/h1-6H,13H2,(H,14,15). The maximum Gasteiger partial charge on any atom is 0.290 e. The Morgan fingerprint density at radius 2 is 2.00 bits per heavy atom. The number of nitrogen functional groups attached to an aromatic ring is 1. The van der Waals surface area contributed by atoms with Crippen LogP contribution in [0.2, 0.25) is 5.02 Å². The highest BCUT2D eigenvalue weighted by molar-refractivity contribution is 7.92. The number of rotatable bonds is 4. The van der Waals surface area contributed by atoms with Crippen molar-refractivity contribution in [1.29, 1.82) is 0 Å². The number of benzene rings is 1. The molecule has 0 radical (unpaired) electrons. The minimum Gasteiger partial charge on any atom is -0.399 e. The summed E-state index contributed by atoms with van der Waals surface area (Å²) in [6.45, 7) is 0. The van der Waals surface area contributed by atoms with Crippen LogP contribution in [0.4, 0.5) is 17.2 Å². The average Bonchev–Trinajstić information content (AvgIpc) is 2.41. The van der Waals surface area contributed by atoms with Gasteiger partial charge in [-0.1, -0.05) is 11.6 Å². The normalized spacial score (nSPS) is 11.1. The van der Waals surface area contributed by atoms with Crippen molar-refractivity contribution in [2.75, 3.05) is 10.5 Å². The van der Waals surface area contributed by atoms with Crippen molar-refractivity contribution in [1.82, 2.24) is 4.98 Å². The summed E-state index contributed by atoms with van der Waals surface area (Å²) >= 11 is 5.64. The van der Waals surface area contributed by atoms with Gasteiger partial charge in [-0.25, -0.2) is 13.4 Å². The number of nitrogens with two attached hydrogens (primary N) is 1. The molecule has 10 heteroatoms. The molecule has 0 saturated heterocycles. The summed E-state index contributed by atoms with van der Waals surface area (Å²) in [4.78, 5) is 13.3. The van der Waals surface area contributed by atoms with Crippen molar-refractivity contribution in [2.24, 2.45) is 0 Å². The van der Waals surface area contributed by atoms with E-state index in [0.717, 1.165) is 12.1 Å². The number of halogens is 1. The number of nitro benzene ring substituents is 1. The van der Waals surface area contributed by atoms with E-state index in [0.29, 0.717) is 5.02 Å². The molecule has 0 aliphatic carbocycles. The lowest BCUT2D eigenvalue weighted by Crippen LogP contribution is -2.15. The summed E-state index contributed by atoms with van der Waals surface area (Å²) in [5.41, 5.74) is 5.00. The summed E-state index contributed by atoms with van der Waals surface area (Å²) in [6.07, 6.45) is 1.24. The number of nitrogens with zero attached hydrogens (tertiary/aromatic N) is 2. The van der Waals surface area contributed by atoms with Crippen LogP contribution >= 0.6 is 11.6 Å². The fourth-order valence-electron chi connectivity index (χ4n) is 1.53.